The third-order valence-corrected chi connectivity index (χ3v) is 2.94. The second-order valence-electron chi connectivity index (χ2n) is 5.14. The van der Waals surface area contributed by atoms with Crippen LogP contribution in [0.25, 0.3) is 0 Å². The molecule has 0 rings (SSSR count). The SMILES string of the molecule is CCCCOCCOCC(O)CNC(CO)C(C)C. The molecule has 116 valence electrons. The van der Waals surface area contributed by atoms with Gasteiger partial charge in [-0.15, -0.1) is 0 Å². The standard InChI is InChI=1S/C14H31NO4/c1-4-5-6-18-7-8-19-11-13(17)9-15-14(10-16)12(2)3/h12-17H,4-11H2,1-3H3. The highest BCUT2D eigenvalue weighted by molar-refractivity contribution is 4.71. The van der Waals surface area contributed by atoms with Crippen LogP contribution in [-0.2, 0) is 9.47 Å². The first-order valence-corrected chi connectivity index (χ1v) is 7.29. The number of ether oxygens (including phenoxy) is 2. The first-order valence-electron chi connectivity index (χ1n) is 7.29. The summed E-state index contributed by atoms with van der Waals surface area (Å²) in [6, 6.07) is 0.0204. The molecule has 0 aliphatic rings. The van der Waals surface area contributed by atoms with Crippen LogP contribution in [0.4, 0.5) is 0 Å². The van der Waals surface area contributed by atoms with Crippen LogP contribution in [0.3, 0.4) is 0 Å². The normalized spacial score (nSPS) is 14.8. The molecule has 0 aliphatic heterocycles. The average Bonchev–Trinajstić information content (AvgIpc) is 2.38. The Bertz CT molecular complexity index is 190. The number of aliphatic hydroxyl groups excluding tert-OH is 2. The molecule has 0 aromatic rings. The molecule has 3 N–H and O–H groups in total. The predicted molar refractivity (Wildman–Crippen MR) is 76.3 cm³/mol. The third kappa shape index (κ3) is 11.3. The summed E-state index contributed by atoms with van der Waals surface area (Å²) in [5.41, 5.74) is 0. The molecule has 0 bridgehead atoms. The van der Waals surface area contributed by atoms with Crippen molar-refractivity contribution >= 4 is 0 Å². The van der Waals surface area contributed by atoms with Crippen molar-refractivity contribution in [2.24, 2.45) is 5.92 Å². The van der Waals surface area contributed by atoms with Gasteiger partial charge < -0.3 is 25.0 Å². The smallest absolute Gasteiger partial charge is 0.0897 e. The molecule has 0 spiro atoms. The van der Waals surface area contributed by atoms with Crippen molar-refractivity contribution in [1.29, 1.82) is 0 Å². The Kier molecular flexibility index (Phi) is 12.7. The van der Waals surface area contributed by atoms with Gasteiger partial charge in [-0.25, -0.2) is 0 Å². The average molecular weight is 277 g/mol. The van der Waals surface area contributed by atoms with Gasteiger partial charge in [-0.1, -0.05) is 27.2 Å². The van der Waals surface area contributed by atoms with Gasteiger partial charge in [-0.05, 0) is 12.3 Å². The minimum absolute atomic E-state index is 0.0204. The first-order chi connectivity index (χ1) is 9.11. The lowest BCUT2D eigenvalue weighted by Gasteiger charge is -2.21. The molecule has 0 amide bonds. The molecule has 5 heteroatoms. The molecular weight excluding hydrogens is 246 g/mol. The maximum atomic E-state index is 9.71. The minimum atomic E-state index is -0.552. The lowest BCUT2D eigenvalue weighted by atomic mass is 10.1. The highest BCUT2D eigenvalue weighted by Crippen LogP contribution is 2.00. The number of nitrogens with one attached hydrogen (secondary N) is 1. The van der Waals surface area contributed by atoms with Crippen LogP contribution in [0.15, 0.2) is 0 Å². The Labute approximate surface area is 117 Å². The minimum Gasteiger partial charge on any atom is -0.395 e. The van der Waals surface area contributed by atoms with Gasteiger partial charge in [0.15, 0.2) is 0 Å². The third-order valence-electron chi connectivity index (χ3n) is 2.94. The van der Waals surface area contributed by atoms with Gasteiger partial charge in [-0.2, -0.15) is 0 Å². The lowest BCUT2D eigenvalue weighted by molar-refractivity contribution is 0.00214. The summed E-state index contributed by atoms with van der Waals surface area (Å²) in [4.78, 5) is 0. The largest absolute Gasteiger partial charge is 0.395 e. The van der Waals surface area contributed by atoms with Crippen molar-refractivity contribution < 1.29 is 19.7 Å². The number of unbranched alkanes of at least 4 members (excludes halogenated alkanes) is 1. The maximum Gasteiger partial charge on any atom is 0.0897 e. The lowest BCUT2D eigenvalue weighted by Crippen LogP contribution is -2.42. The Morgan fingerprint density at radius 2 is 1.79 bits per heavy atom. The van der Waals surface area contributed by atoms with Crippen LogP contribution in [0.5, 0.6) is 0 Å². The van der Waals surface area contributed by atoms with E-state index in [1.807, 2.05) is 13.8 Å². The van der Waals surface area contributed by atoms with Crippen LogP contribution in [0, 0.1) is 5.92 Å². The Morgan fingerprint density at radius 1 is 1.11 bits per heavy atom. The van der Waals surface area contributed by atoms with Gasteiger partial charge in [-0.3, -0.25) is 0 Å². The van der Waals surface area contributed by atoms with E-state index in [1.165, 1.54) is 0 Å². The second-order valence-corrected chi connectivity index (χ2v) is 5.14. The summed E-state index contributed by atoms with van der Waals surface area (Å²) in [5, 5.41) is 22.0. The molecule has 0 radical (unpaired) electrons. The van der Waals surface area contributed by atoms with Crippen LogP contribution in [0.1, 0.15) is 33.6 Å². The van der Waals surface area contributed by atoms with Crippen LogP contribution < -0.4 is 5.32 Å². The molecule has 0 heterocycles. The molecule has 0 aliphatic carbocycles. The summed E-state index contributed by atoms with van der Waals surface area (Å²) in [6.45, 7) is 8.85. The van der Waals surface area contributed by atoms with E-state index in [2.05, 4.69) is 12.2 Å². The molecule has 0 aromatic heterocycles. The molecular formula is C14H31NO4. The van der Waals surface area contributed by atoms with E-state index < -0.39 is 6.10 Å². The number of hydrogen-bond acceptors (Lipinski definition) is 5. The molecule has 0 saturated heterocycles. The zero-order valence-corrected chi connectivity index (χ0v) is 12.6. The number of aliphatic hydroxyl groups is 2. The number of hydrogen-bond donors (Lipinski definition) is 3. The molecule has 5 nitrogen and oxygen atoms in total. The van der Waals surface area contributed by atoms with Gasteiger partial charge in [0.1, 0.15) is 0 Å². The van der Waals surface area contributed by atoms with Gasteiger partial charge in [0.25, 0.3) is 0 Å². The van der Waals surface area contributed by atoms with Gasteiger partial charge >= 0.3 is 0 Å². The van der Waals surface area contributed by atoms with Crippen molar-refractivity contribution in [3.8, 4) is 0 Å². The predicted octanol–water partition coefficient (Wildman–Crippen LogP) is 0.787. The van der Waals surface area contributed by atoms with E-state index in [1.54, 1.807) is 0 Å². The fourth-order valence-corrected chi connectivity index (χ4v) is 1.54. The number of rotatable bonds is 13. The van der Waals surface area contributed by atoms with Gasteiger partial charge in [0.05, 0.1) is 32.5 Å². The van der Waals surface area contributed by atoms with E-state index in [0.29, 0.717) is 32.3 Å². The van der Waals surface area contributed by atoms with E-state index in [4.69, 9.17) is 14.6 Å². The zero-order chi connectivity index (χ0) is 14.5. The fourth-order valence-electron chi connectivity index (χ4n) is 1.54. The van der Waals surface area contributed by atoms with Crippen molar-refractivity contribution in [2.75, 3.05) is 39.6 Å². The summed E-state index contributed by atoms with van der Waals surface area (Å²) in [5.74, 6) is 0.338. The van der Waals surface area contributed by atoms with E-state index in [0.717, 1.165) is 19.4 Å². The molecule has 19 heavy (non-hydrogen) atoms. The van der Waals surface area contributed by atoms with E-state index >= 15 is 0 Å². The molecule has 0 saturated carbocycles. The van der Waals surface area contributed by atoms with Crippen molar-refractivity contribution in [3.63, 3.8) is 0 Å². The van der Waals surface area contributed by atoms with Crippen molar-refractivity contribution in [2.45, 2.75) is 45.8 Å². The van der Waals surface area contributed by atoms with Crippen LogP contribution in [0.2, 0.25) is 0 Å². The maximum absolute atomic E-state index is 9.71. The second kappa shape index (κ2) is 12.8. The fraction of sp³-hybridized carbons (Fsp3) is 1.00. The Morgan fingerprint density at radius 3 is 2.37 bits per heavy atom. The van der Waals surface area contributed by atoms with E-state index in [9.17, 15) is 5.11 Å². The summed E-state index contributed by atoms with van der Waals surface area (Å²) in [6.07, 6.45) is 1.65. The van der Waals surface area contributed by atoms with Gasteiger partial charge in [0, 0.05) is 19.2 Å². The molecule has 0 fully saturated rings. The first kappa shape index (κ1) is 18.8. The summed E-state index contributed by atoms with van der Waals surface area (Å²) < 4.78 is 10.7. The van der Waals surface area contributed by atoms with Gasteiger partial charge in [0.2, 0.25) is 0 Å². The molecule has 2 unspecified atom stereocenters. The van der Waals surface area contributed by atoms with Crippen molar-refractivity contribution in [1.82, 2.24) is 5.32 Å². The monoisotopic (exact) mass is 277 g/mol. The quantitative estimate of drug-likeness (QED) is 0.434. The van der Waals surface area contributed by atoms with Crippen molar-refractivity contribution in [3.05, 3.63) is 0 Å². The Balaban J connectivity index is 3.41. The highest BCUT2D eigenvalue weighted by Gasteiger charge is 2.13. The molecule has 0 aromatic carbocycles. The topological polar surface area (TPSA) is 71.0 Å². The molecule has 2 atom stereocenters. The Hall–Kier alpha value is -0.200. The zero-order valence-electron chi connectivity index (χ0n) is 12.6. The summed E-state index contributed by atoms with van der Waals surface area (Å²) in [7, 11) is 0. The highest BCUT2D eigenvalue weighted by atomic mass is 16.5. The van der Waals surface area contributed by atoms with E-state index in [-0.39, 0.29) is 12.6 Å². The van der Waals surface area contributed by atoms with Crippen LogP contribution >= 0.6 is 0 Å². The van der Waals surface area contributed by atoms with Crippen LogP contribution in [-0.4, -0.2) is 61.9 Å². The summed E-state index contributed by atoms with van der Waals surface area (Å²) >= 11 is 0.